The third-order valence-corrected chi connectivity index (χ3v) is 4.74. The lowest BCUT2D eigenvalue weighted by Gasteiger charge is -2.56. The summed E-state index contributed by atoms with van der Waals surface area (Å²) in [5.74, 6) is -1.12. The molecule has 0 aromatic heterocycles. The van der Waals surface area contributed by atoms with Crippen molar-refractivity contribution in [3.63, 3.8) is 0 Å². The Hall–Kier alpha value is -0.610. The average molecular weight is 283 g/mol. The minimum Gasteiger partial charge on any atom is -0.323 e. The van der Waals surface area contributed by atoms with Crippen molar-refractivity contribution in [1.82, 2.24) is 0 Å². The molecule has 4 heteroatoms. The van der Waals surface area contributed by atoms with Crippen molar-refractivity contribution in [1.29, 1.82) is 0 Å². The molecule has 0 aliphatic carbocycles. The molecule has 104 valence electrons. The van der Waals surface area contributed by atoms with E-state index in [9.17, 15) is 0 Å². The molecule has 0 unspecified atom stereocenters. The molecule has 0 saturated carbocycles. The molecule has 0 N–H and O–H groups in total. The summed E-state index contributed by atoms with van der Waals surface area (Å²) in [7, 11) is 0. The van der Waals surface area contributed by atoms with Crippen LogP contribution >= 0.6 is 11.6 Å². The van der Waals surface area contributed by atoms with Crippen molar-refractivity contribution >= 4 is 11.6 Å². The van der Waals surface area contributed by atoms with Crippen molar-refractivity contribution in [2.45, 2.75) is 26.7 Å². The number of fused-ring (bicyclic) bond motifs is 3. The number of rotatable bonds is 1. The molecule has 1 aromatic rings. The molecule has 0 radical (unpaired) electrons. The Kier molecular flexibility index (Phi) is 2.95. The topological polar surface area (TPSA) is 27.7 Å². The standard InChI is InChI=1S/C15H19ClO3/c1-13(2,3)14-8-17-15(18-9-14,19-10-14)11-6-4-5-7-12(11)16/h4-7H,8-10H2,1-3H3. The molecular weight excluding hydrogens is 264 g/mol. The summed E-state index contributed by atoms with van der Waals surface area (Å²) in [5, 5.41) is 0.604. The monoisotopic (exact) mass is 282 g/mol. The van der Waals surface area contributed by atoms with Crippen LogP contribution in [0.1, 0.15) is 26.3 Å². The van der Waals surface area contributed by atoms with E-state index >= 15 is 0 Å². The van der Waals surface area contributed by atoms with Crippen molar-refractivity contribution in [2.24, 2.45) is 10.8 Å². The first kappa shape index (κ1) is 13.4. The maximum absolute atomic E-state index is 6.23. The van der Waals surface area contributed by atoms with Crippen LogP contribution in [0.5, 0.6) is 0 Å². The van der Waals surface area contributed by atoms with E-state index in [1.165, 1.54) is 0 Å². The molecule has 0 spiro atoms. The molecule has 0 atom stereocenters. The fraction of sp³-hybridized carbons (Fsp3) is 0.600. The molecular formula is C15H19ClO3. The molecule has 2 bridgehead atoms. The fourth-order valence-electron chi connectivity index (χ4n) is 2.54. The predicted octanol–water partition coefficient (Wildman–Crippen LogP) is 3.56. The van der Waals surface area contributed by atoms with E-state index in [2.05, 4.69) is 20.8 Å². The highest BCUT2D eigenvalue weighted by atomic mass is 35.5. The highest BCUT2D eigenvalue weighted by molar-refractivity contribution is 6.31. The molecule has 4 rings (SSSR count). The van der Waals surface area contributed by atoms with Crippen molar-refractivity contribution < 1.29 is 14.2 Å². The van der Waals surface area contributed by atoms with Crippen LogP contribution in [0.3, 0.4) is 0 Å². The summed E-state index contributed by atoms with van der Waals surface area (Å²) in [6.45, 7) is 8.45. The van der Waals surface area contributed by atoms with E-state index < -0.39 is 5.97 Å². The van der Waals surface area contributed by atoms with Gasteiger partial charge in [-0.2, -0.15) is 0 Å². The van der Waals surface area contributed by atoms with Gasteiger partial charge in [-0.15, -0.1) is 0 Å². The molecule has 1 aromatic carbocycles. The van der Waals surface area contributed by atoms with Crippen molar-refractivity contribution in [3.8, 4) is 0 Å². The van der Waals surface area contributed by atoms with Crippen LogP contribution in [0.4, 0.5) is 0 Å². The Labute approximate surface area is 118 Å². The van der Waals surface area contributed by atoms with Gasteiger partial charge in [0.2, 0.25) is 0 Å². The highest BCUT2D eigenvalue weighted by Crippen LogP contribution is 2.52. The summed E-state index contributed by atoms with van der Waals surface area (Å²) < 4.78 is 17.8. The Balaban J connectivity index is 1.92. The van der Waals surface area contributed by atoms with Gasteiger partial charge in [0.15, 0.2) is 0 Å². The largest absolute Gasteiger partial charge is 0.323 e. The third kappa shape index (κ3) is 1.91. The minimum absolute atomic E-state index is 0.0695. The number of hydrogen-bond donors (Lipinski definition) is 0. The zero-order valence-corrected chi connectivity index (χ0v) is 12.3. The normalized spacial score (nSPS) is 34.5. The number of benzene rings is 1. The first-order chi connectivity index (χ1) is 8.89. The lowest BCUT2D eigenvalue weighted by Crippen LogP contribution is -2.62. The number of ether oxygens (including phenoxy) is 3. The van der Waals surface area contributed by atoms with Crippen LogP contribution in [0.25, 0.3) is 0 Å². The molecule has 3 heterocycles. The van der Waals surface area contributed by atoms with E-state index in [1.807, 2.05) is 24.3 Å². The average Bonchev–Trinajstić information content (AvgIpc) is 2.40. The van der Waals surface area contributed by atoms with Gasteiger partial charge in [-0.05, 0) is 17.5 Å². The first-order valence-electron chi connectivity index (χ1n) is 6.56. The SMILES string of the molecule is CC(C)(C)C12COC(c3ccccc3Cl)(OC1)OC2. The zero-order valence-electron chi connectivity index (χ0n) is 11.5. The van der Waals surface area contributed by atoms with Crippen LogP contribution in [0.15, 0.2) is 24.3 Å². The molecule has 3 aliphatic heterocycles. The Morgan fingerprint density at radius 2 is 1.53 bits per heavy atom. The predicted molar refractivity (Wildman–Crippen MR) is 72.9 cm³/mol. The van der Waals surface area contributed by atoms with Gasteiger partial charge < -0.3 is 14.2 Å². The molecule has 0 amide bonds. The second kappa shape index (κ2) is 4.19. The van der Waals surface area contributed by atoms with Crippen LogP contribution in [0.2, 0.25) is 5.02 Å². The lowest BCUT2D eigenvalue weighted by molar-refractivity contribution is -0.489. The molecule has 3 saturated heterocycles. The maximum Gasteiger partial charge on any atom is 0.313 e. The first-order valence-corrected chi connectivity index (χ1v) is 6.93. The summed E-state index contributed by atoms with van der Waals surface area (Å²) in [6.07, 6.45) is 0. The summed E-state index contributed by atoms with van der Waals surface area (Å²) in [4.78, 5) is 0. The van der Waals surface area contributed by atoms with E-state index in [0.29, 0.717) is 24.8 Å². The van der Waals surface area contributed by atoms with Crippen LogP contribution < -0.4 is 0 Å². The van der Waals surface area contributed by atoms with Gasteiger partial charge in [0, 0.05) is 5.41 Å². The van der Waals surface area contributed by atoms with E-state index in [4.69, 9.17) is 25.8 Å². The Morgan fingerprint density at radius 3 is 2.00 bits per heavy atom. The van der Waals surface area contributed by atoms with Crippen LogP contribution in [0, 0.1) is 10.8 Å². The van der Waals surface area contributed by atoms with E-state index in [1.54, 1.807) is 0 Å². The van der Waals surface area contributed by atoms with Gasteiger partial charge in [0.1, 0.15) is 0 Å². The van der Waals surface area contributed by atoms with Crippen LogP contribution in [-0.2, 0) is 20.2 Å². The molecule has 3 fully saturated rings. The van der Waals surface area contributed by atoms with Gasteiger partial charge in [-0.25, -0.2) is 0 Å². The van der Waals surface area contributed by atoms with Gasteiger partial charge >= 0.3 is 5.97 Å². The second-order valence-electron chi connectivity index (χ2n) is 6.43. The van der Waals surface area contributed by atoms with Crippen molar-refractivity contribution in [3.05, 3.63) is 34.9 Å². The molecule has 19 heavy (non-hydrogen) atoms. The Bertz CT molecular complexity index is 468. The number of halogens is 1. The molecule has 3 aliphatic rings. The van der Waals surface area contributed by atoms with Gasteiger partial charge in [0.05, 0.1) is 30.4 Å². The maximum atomic E-state index is 6.23. The number of hydrogen-bond acceptors (Lipinski definition) is 3. The lowest BCUT2D eigenvalue weighted by atomic mass is 9.67. The van der Waals surface area contributed by atoms with Gasteiger partial charge in [0.25, 0.3) is 0 Å². The van der Waals surface area contributed by atoms with Crippen molar-refractivity contribution in [2.75, 3.05) is 19.8 Å². The summed E-state index contributed by atoms with van der Waals surface area (Å²) >= 11 is 6.23. The third-order valence-electron chi connectivity index (χ3n) is 4.41. The quantitative estimate of drug-likeness (QED) is 0.788. The highest BCUT2D eigenvalue weighted by Gasteiger charge is 2.58. The van der Waals surface area contributed by atoms with Gasteiger partial charge in [-0.1, -0.05) is 44.5 Å². The second-order valence-corrected chi connectivity index (χ2v) is 6.84. The zero-order chi connectivity index (χ0) is 13.7. The minimum atomic E-state index is -1.12. The smallest absolute Gasteiger partial charge is 0.313 e. The summed E-state index contributed by atoms with van der Waals surface area (Å²) in [6, 6.07) is 7.50. The van der Waals surface area contributed by atoms with E-state index in [0.717, 1.165) is 5.56 Å². The Morgan fingerprint density at radius 1 is 1.00 bits per heavy atom. The van der Waals surface area contributed by atoms with Crippen LogP contribution in [-0.4, -0.2) is 19.8 Å². The summed E-state index contributed by atoms with van der Waals surface area (Å²) in [5.41, 5.74) is 0.731. The van der Waals surface area contributed by atoms with Gasteiger partial charge in [-0.3, -0.25) is 0 Å². The molecule has 3 nitrogen and oxygen atoms in total. The van der Waals surface area contributed by atoms with E-state index in [-0.39, 0.29) is 10.8 Å². The fourth-order valence-corrected chi connectivity index (χ4v) is 2.79.